The topological polar surface area (TPSA) is 33.2 Å². The molecule has 98 valence electrons. The molecule has 3 nitrogen and oxygen atoms in total. The van der Waals surface area contributed by atoms with Crippen molar-refractivity contribution >= 4 is 29.4 Å². The lowest BCUT2D eigenvalue weighted by Gasteiger charge is -2.19. The smallest absolute Gasteiger partial charge is 0.218 e. The third-order valence-corrected chi connectivity index (χ3v) is 3.23. The normalized spacial score (nSPS) is 10.5. The number of nitrogens with zero attached hydrogens (tertiary/aromatic N) is 2. The fraction of sp³-hybridized carbons (Fsp3) is 0.200. The Labute approximate surface area is 117 Å². The van der Waals surface area contributed by atoms with Crippen LogP contribution in [0.3, 0.4) is 0 Å². The highest BCUT2D eigenvalue weighted by atomic mass is 35.5. The number of halogens is 1. The predicted molar refractivity (Wildman–Crippen MR) is 78.0 cm³/mol. The van der Waals surface area contributed by atoms with Gasteiger partial charge in [-0.05, 0) is 35.7 Å². The summed E-state index contributed by atoms with van der Waals surface area (Å²) < 4.78 is 0. The lowest BCUT2D eigenvalue weighted by Crippen LogP contribution is -2.14. The summed E-state index contributed by atoms with van der Waals surface area (Å²) in [5.74, 6) is 0.459. The quantitative estimate of drug-likeness (QED) is 0.620. The van der Waals surface area contributed by atoms with Crippen LogP contribution < -0.4 is 4.90 Å². The van der Waals surface area contributed by atoms with Crippen molar-refractivity contribution in [2.75, 3.05) is 4.90 Å². The minimum atomic E-state index is 0.308. The number of hydrogen-bond acceptors (Lipinski definition) is 2. The van der Waals surface area contributed by atoms with Crippen LogP contribution in [0, 0.1) is 0 Å². The predicted octanol–water partition coefficient (Wildman–Crippen LogP) is 4.15. The van der Waals surface area contributed by atoms with Crippen LogP contribution in [0.15, 0.2) is 42.6 Å². The fourth-order valence-corrected chi connectivity index (χ4v) is 2.04. The molecule has 0 radical (unpaired) electrons. The molecule has 19 heavy (non-hydrogen) atoms. The van der Waals surface area contributed by atoms with E-state index in [4.69, 9.17) is 11.6 Å². The summed E-state index contributed by atoms with van der Waals surface area (Å²) in [6, 6.07) is 11.4. The van der Waals surface area contributed by atoms with E-state index in [9.17, 15) is 4.79 Å². The van der Waals surface area contributed by atoms with Crippen LogP contribution in [0.25, 0.3) is 0 Å². The van der Waals surface area contributed by atoms with Crippen LogP contribution in [-0.2, 0) is 4.79 Å². The summed E-state index contributed by atoms with van der Waals surface area (Å²) in [7, 11) is 0. The zero-order chi connectivity index (χ0) is 13.8. The first-order valence-electron chi connectivity index (χ1n) is 6.08. The van der Waals surface area contributed by atoms with Crippen molar-refractivity contribution in [2.45, 2.75) is 19.8 Å². The van der Waals surface area contributed by atoms with Gasteiger partial charge in [-0.15, -0.1) is 0 Å². The van der Waals surface area contributed by atoms with E-state index in [1.165, 1.54) is 10.5 Å². The molecule has 0 saturated heterocycles. The van der Waals surface area contributed by atoms with Gasteiger partial charge in [-0.2, -0.15) is 0 Å². The molecule has 0 N–H and O–H groups in total. The van der Waals surface area contributed by atoms with E-state index in [1.807, 2.05) is 24.3 Å². The van der Waals surface area contributed by atoms with Crippen molar-refractivity contribution < 1.29 is 4.79 Å². The van der Waals surface area contributed by atoms with E-state index in [-0.39, 0.29) is 0 Å². The minimum absolute atomic E-state index is 0.308. The molecule has 1 aromatic carbocycles. The maximum atomic E-state index is 11.3. The summed E-state index contributed by atoms with van der Waals surface area (Å²) in [6.45, 7) is 4.26. The molecule has 0 aliphatic rings. The molecule has 1 amide bonds. The Bertz CT molecular complexity index is 567. The Kier molecular flexibility index (Phi) is 4.17. The molecule has 2 rings (SSSR count). The van der Waals surface area contributed by atoms with E-state index in [1.54, 1.807) is 18.3 Å². The van der Waals surface area contributed by atoms with Crippen LogP contribution >= 0.6 is 11.6 Å². The van der Waals surface area contributed by atoms with Gasteiger partial charge in [0.2, 0.25) is 6.41 Å². The standard InChI is InChI=1S/C15H15ClN2O/c1-11(2)12-5-7-13(8-6-12)18(10-19)14-4-3-9-17-15(14)16/h3-11H,1-2H3. The number of carbonyl (C=O) groups is 1. The largest absolute Gasteiger partial charge is 0.281 e. The van der Waals surface area contributed by atoms with Crippen molar-refractivity contribution in [3.63, 3.8) is 0 Å². The van der Waals surface area contributed by atoms with E-state index in [0.29, 0.717) is 16.8 Å². The molecule has 0 fully saturated rings. The van der Waals surface area contributed by atoms with Crippen LogP contribution in [-0.4, -0.2) is 11.4 Å². The molecule has 0 unspecified atom stereocenters. The molecule has 2 aromatic rings. The molecule has 0 aliphatic carbocycles. The molecule has 4 heteroatoms. The number of aromatic nitrogens is 1. The van der Waals surface area contributed by atoms with Gasteiger partial charge >= 0.3 is 0 Å². The molecule has 0 aliphatic heterocycles. The third-order valence-electron chi connectivity index (χ3n) is 2.94. The zero-order valence-electron chi connectivity index (χ0n) is 10.9. The van der Waals surface area contributed by atoms with Gasteiger partial charge in [0, 0.05) is 11.9 Å². The second-order valence-electron chi connectivity index (χ2n) is 4.53. The highest BCUT2D eigenvalue weighted by Gasteiger charge is 2.12. The Balaban J connectivity index is 2.37. The number of anilines is 2. The highest BCUT2D eigenvalue weighted by molar-refractivity contribution is 6.32. The van der Waals surface area contributed by atoms with Gasteiger partial charge in [0.15, 0.2) is 5.15 Å². The highest BCUT2D eigenvalue weighted by Crippen LogP contribution is 2.29. The number of benzene rings is 1. The van der Waals surface area contributed by atoms with Crippen molar-refractivity contribution in [1.29, 1.82) is 0 Å². The zero-order valence-corrected chi connectivity index (χ0v) is 11.6. The summed E-state index contributed by atoms with van der Waals surface area (Å²) in [4.78, 5) is 16.8. The maximum absolute atomic E-state index is 11.3. The van der Waals surface area contributed by atoms with E-state index >= 15 is 0 Å². The minimum Gasteiger partial charge on any atom is -0.281 e. The summed E-state index contributed by atoms with van der Waals surface area (Å²) in [5.41, 5.74) is 2.58. The van der Waals surface area contributed by atoms with Crippen LogP contribution in [0.5, 0.6) is 0 Å². The molecule has 0 atom stereocenters. The Morgan fingerprint density at radius 3 is 2.42 bits per heavy atom. The van der Waals surface area contributed by atoms with Gasteiger partial charge in [0.25, 0.3) is 0 Å². The molecule has 0 bridgehead atoms. The number of amides is 1. The van der Waals surface area contributed by atoms with E-state index in [2.05, 4.69) is 18.8 Å². The molecular formula is C15H15ClN2O. The van der Waals surface area contributed by atoms with Crippen LogP contribution in [0.4, 0.5) is 11.4 Å². The number of rotatable bonds is 4. The fourth-order valence-electron chi connectivity index (χ4n) is 1.83. The Morgan fingerprint density at radius 1 is 1.21 bits per heavy atom. The number of pyridine rings is 1. The Morgan fingerprint density at radius 2 is 1.89 bits per heavy atom. The summed E-state index contributed by atoms with van der Waals surface area (Å²) >= 11 is 6.02. The van der Waals surface area contributed by atoms with Crippen molar-refractivity contribution in [3.8, 4) is 0 Å². The first kappa shape index (κ1) is 13.6. The third kappa shape index (κ3) is 2.93. The van der Waals surface area contributed by atoms with Gasteiger partial charge in [-0.25, -0.2) is 4.98 Å². The van der Waals surface area contributed by atoms with Crippen LogP contribution in [0.1, 0.15) is 25.3 Å². The number of carbonyl (C=O) groups excluding carboxylic acids is 1. The molecule has 1 aromatic heterocycles. The first-order valence-corrected chi connectivity index (χ1v) is 6.46. The van der Waals surface area contributed by atoms with Gasteiger partial charge in [0.1, 0.15) is 0 Å². The maximum Gasteiger partial charge on any atom is 0.218 e. The van der Waals surface area contributed by atoms with Gasteiger partial charge < -0.3 is 0 Å². The monoisotopic (exact) mass is 274 g/mol. The lowest BCUT2D eigenvalue weighted by atomic mass is 10.0. The van der Waals surface area contributed by atoms with E-state index < -0.39 is 0 Å². The molecule has 1 heterocycles. The molecule has 0 saturated carbocycles. The van der Waals surface area contributed by atoms with Crippen molar-refractivity contribution in [3.05, 3.63) is 53.3 Å². The van der Waals surface area contributed by atoms with Gasteiger partial charge in [-0.1, -0.05) is 37.6 Å². The SMILES string of the molecule is CC(C)c1ccc(N(C=O)c2cccnc2Cl)cc1. The lowest BCUT2D eigenvalue weighted by molar-refractivity contribution is -0.106. The first-order chi connectivity index (χ1) is 9.13. The molecular weight excluding hydrogens is 260 g/mol. The second-order valence-corrected chi connectivity index (χ2v) is 4.89. The summed E-state index contributed by atoms with van der Waals surface area (Å²) in [5, 5.41) is 0.308. The van der Waals surface area contributed by atoms with Crippen LogP contribution in [0.2, 0.25) is 5.15 Å². The summed E-state index contributed by atoms with van der Waals surface area (Å²) in [6.07, 6.45) is 2.34. The van der Waals surface area contributed by atoms with E-state index in [0.717, 1.165) is 12.1 Å². The number of hydrogen-bond donors (Lipinski definition) is 0. The average Bonchev–Trinajstić information content (AvgIpc) is 2.42. The Hall–Kier alpha value is -1.87. The average molecular weight is 275 g/mol. The van der Waals surface area contributed by atoms with Gasteiger partial charge in [-0.3, -0.25) is 9.69 Å². The van der Waals surface area contributed by atoms with Gasteiger partial charge in [0.05, 0.1) is 5.69 Å². The van der Waals surface area contributed by atoms with Crippen molar-refractivity contribution in [1.82, 2.24) is 4.98 Å². The van der Waals surface area contributed by atoms with Crippen molar-refractivity contribution in [2.24, 2.45) is 0 Å². The second kappa shape index (κ2) is 5.85. The molecule has 0 spiro atoms.